The smallest absolute Gasteiger partial charge is 0.327 e. The predicted octanol–water partition coefficient (Wildman–Crippen LogP) is 3.75. The first-order valence-corrected chi connectivity index (χ1v) is 7.89. The van der Waals surface area contributed by atoms with Crippen LogP contribution in [0.4, 0.5) is 13.2 Å². The number of fused-ring (bicyclic) bond motifs is 1. The van der Waals surface area contributed by atoms with E-state index in [-0.39, 0.29) is 18.4 Å². The van der Waals surface area contributed by atoms with Gasteiger partial charge < -0.3 is 5.73 Å². The number of halogens is 4. The van der Waals surface area contributed by atoms with Crippen LogP contribution in [0, 0.1) is 11.8 Å². The van der Waals surface area contributed by atoms with Gasteiger partial charge in [0.25, 0.3) is 0 Å². The molecule has 1 saturated heterocycles. The standard InChI is InChI=1S/C14H19F3N2S.ClH/c15-14(16,17)13-5-4-10(20-13)7-19-6-9-2-1-3-12(18)11(9)8-19;/h4-5,9,11-12H,1-3,6-8,18H2;1H. The maximum Gasteiger partial charge on any atom is 0.425 e. The van der Waals surface area contributed by atoms with E-state index in [9.17, 15) is 13.2 Å². The van der Waals surface area contributed by atoms with E-state index in [1.165, 1.54) is 18.9 Å². The zero-order valence-electron chi connectivity index (χ0n) is 11.6. The Hall–Kier alpha value is -0.300. The molecule has 1 aliphatic heterocycles. The molecular formula is C14H20ClF3N2S. The second-order valence-electron chi connectivity index (χ2n) is 5.98. The quantitative estimate of drug-likeness (QED) is 0.888. The summed E-state index contributed by atoms with van der Waals surface area (Å²) in [5.74, 6) is 1.17. The zero-order valence-corrected chi connectivity index (χ0v) is 13.2. The maximum atomic E-state index is 12.6. The van der Waals surface area contributed by atoms with Crippen molar-refractivity contribution in [3.63, 3.8) is 0 Å². The highest BCUT2D eigenvalue weighted by Crippen LogP contribution is 2.38. The van der Waals surface area contributed by atoms with Gasteiger partial charge in [-0.15, -0.1) is 23.7 Å². The Morgan fingerprint density at radius 3 is 2.62 bits per heavy atom. The third kappa shape index (κ3) is 3.73. The lowest BCUT2D eigenvalue weighted by molar-refractivity contribution is -0.134. The van der Waals surface area contributed by atoms with Gasteiger partial charge in [-0.2, -0.15) is 13.2 Å². The molecule has 2 fully saturated rings. The number of nitrogens with zero attached hydrogens (tertiary/aromatic N) is 1. The number of hydrogen-bond donors (Lipinski definition) is 1. The summed E-state index contributed by atoms with van der Waals surface area (Å²) in [7, 11) is 0. The predicted molar refractivity (Wildman–Crippen MR) is 80.7 cm³/mol. The fourth-order valence-corrected chi connectivity index (χ4v) is 4.49. The number of alkyl halides is 3. The summed E-state index contributed by atoms with van der Waals surface area (Å²) in [5, 5.41) is 0. The first kappa shape index (κ1) is 17.1. The normalized spacial score (nSPS) is 30.0. The molecule has 120 valence electrons. The Labute approximate surface area is 132 Å². The topological polar surface area (TPSA) is 29.3 Å². The van der Waals surface area contributed by atoms with Crippen molar-refractivity contribution in [3.8, 4) is 0 Å². The van der Waals surface area contributed by atoms with Crippen molar-refractivity contribution in [1.82, 2.24) is 4.90 Å². The molecule has 1 aromatic heterocycles. The maximum absolute atomic E-state index is 12.6. The molecule has 0 spiro atoms. The minimum atomic E-state index is -4.22. The van der Waals surface area contributed by atoms with Gasteiger partial charge in [-0.3, -0.25) is 4.90 Å². The van der Waals surface area contributed by atoms with Crippen LogP contribution in [0.15, 0.2) is 12.1 Å². The van der Waals surface area contributed by atoms with Gasteiger partial charge in [0, 0.05) is 30.6 Å². The van der Waals surface area contributed by atoms with Gasteiger partial charge in [0.15, 0.2) is 0 Å². The van der Waals surface area contributed by atoms with Crippen LogP contribution < -0.4 is 5.73 Å². The first-order valence-electron chi connectivity index (χ1n) is 7.07. The van der Waals surface area contributed by atoms with Crippen molar-refractivity contribution < 1.29 is 13.2 Å². The Balaban J connectivity index is 0.00000161. The molecule has 1 aliphatic carbocycles. The number of rotatable bonds is 2. The average Bonchev–Trinajstić information content (AvgIpc) is 2.96. The van der Waals surface area contributed by atoms with Crippen LogP contribution >= 0.6 is 23.7 Å². The second kappa shape index (κ2) is 6.44. The molecule has 1 saturated carbocycles. The highest BCUT2D eigenvalue weighted by molar-refractivity contribution is 7.12. The number of thiophene rings is 1. The summed E-state index contributed by atoms with van der Waals surface area (Å²) in [6.45, 7) is 2.54. The van der Waals surface area contributed by atoms with Crippen LogP contribution in [0.25, 0.3) is 0 Å². The van der Waals surface area contributed by atoms with E-state index < -0.39 is 11.1 Å². The van der Waals surface area contributed by atoms with Crippen LogP contribution in [0.2, 0.25) is 0 Å². The molecule has 0 amide bonds. The molecule has 3 rings (SSSR count). The number of nitrogens with two attached hydrogens (primary N) is 1. The van der Waals surface area contributed by atoms with E-state index in [2.05, 4.69) is 4.90 Å². The van der Waals surface area contributed by atoms with Crippen LogP contribution in [-0.4, -0.2) is 24.0 Å². The van der Waals surface area contributed by atoms with Gasteiger partial charge in [0.2, 0.25) is 0 Å². The van der Waals surface area contributed by atoms with Gasteiger partial charge in [-0.05, 0) is 36.8 Å². The molecule has 2 aliphatic rings. The summed E-state index contributed by atoms with van der Waals surface area (Å²) < 4.78 is 37.8. The van der Waals surface area contributed by atoms with Crippen molar-refractivity contribution in [2.45, 2.75) is 38.0 Å². The van der Waals surface area contributed by atoms with Crippen LogP contribution in [0.3, 0.4) is 0 Å². The summed E-state index contributed by atoms with van der Waals surface area (Å²) in [6.07, 6.45) is -0.725. The third-order valence-electron chi connectivity index (χ3n) is 4.55. The van der Waals surface area contributed by atoms with Gasteiger partial charge >= 0.3 is 6.18 Å². The highest BCUT2D eigenvalue weighted by Gasteiger charge is 2.39. The SMILES string of the molecule is Cl.NC1CCCC2CN(Cc3ccc(C(F)(F)F)s3)CC12. The van der Waals surface area contributed by atoms with Gasteiger partial charge in [-0.1, -0.05) is 6.42 Å². The summed E-state index contributed by atoms with van der Waals surface area (Å²) in [5.41, 5.74) is 6.16. The monoisotopic (exact) mass is 340 g/mol. The van der Waals surface area contributed by atoms with Crippen LogP contribution in [-0.2, 0) is 12.7 Å². The molecule has 0 radical (unpaired) electrons. The lowest BCUT2D eigenvalue weighted by atomic mass is 9.78. The summed E-state index contributed by atoms with van der Waals surface area (Å²) >= 11 is 0.863. The third-order valence-corrected chi connectivity index (χ3v) is 5.66. The average molecular weight is 341 g/mol. The molecule has 7 heteroatoms. The molecule has 21 heavy (non-hydrogen) atoms. The van der Waals surface area contributed by atoms with E-state index in [1.54, 1.807) is 6.07 Å². The van der Waals surface area contributed by atoms with Crippen molar-refractivity contribution >= 4 is 23.7 Å². The van der Waals surface area contributed by atoms with Crippen LogP contribution in [0.1, 0.15) is 29.0 Å². The van der Waals surface area contributed by atoms with E-state index in [0.717, 1.165) is 35.7 Å². The van der Waals surface area contributed by atoms with Crippen molar-refractivity contribution in [2.75, 3.05) is 13.1 Å². The van der Waals surface area contributed by atoms with E-state index in [4.69, 9.17) is 5.73 Å². The lowest BCUT2D eigenvalue weighted by Crippen LogP contribution is -2.38. The lowest BCUT2D eigenvalue weighted by Gasteiger charge is -2.29. The number of hydrogen-bond acceptors (Lipinski definition) is 3. The minimum Gasteiger partial charge on any atom is -0.327 e. The summed E-state index contributed by atoms with van der Waals surface area (Å²) in [4.78, 5) is 2.57. The largest absolute Gasteiger partial charge is 0.425 e. The molecular weight excluding hydrogens is 321 g/mol. The van der Waals surface area contributed by atoms with E-state index in [1.807, 2.05) is 0 Å². The Morgan fingerprint density at radius 2 is 2.00 bits per heavy atom. The Kier molecular flexibility index (Phi) is 5.23. The van der Waals surface area contributed by atoms with Crippen LogP contribution in [0.5, 0.6) is 0 Å². The first-order chi connectivity index (χ1) is 9.43. The van der Waals surface area contributed by atoms with Gasteiger partial charge in [-0.25, -0.2) is 0 Å². The van der Waals surface area contributed by atoms with Gasteiger partial charge in [0.1, 0.15) is 4.88 Å². The molecule has 3 unspecified atom stereocenters. The molecule has 3 atom stereocenters. The molecule has 2 N–H and O–H groups in total. The molecule has 0 aromatic carbocycles. The van der Waals surface area contributed by atoms with E-state index >= 15 is 0 Å². The van der Waals surface area contributed by atoms with Crippen molar-refractivity contribution in [2.24, 2.45) is 17.6 Å². The van der Waals surface area contributed by atoms with Crippen molar-refractivity contribution in [3.05, 3.63) is 21.9 Å². The molecule has 0 bridgehead atoms. The minimum absolute atomic E-state index is 0. The molecule has 2 heterocycles. The molecule has 2 nitrogen and oxygen atoms in total. The number of likely N-dealkylation sites (tertiary alicyclic amines) is 1. The highest BCUT2D eigenvalue weighted by atomic mass is 35.5. The van der Waals surface area contributed by atoms with Crippen molar-refractivity contribution in [1.29, 1.82) is 0 Å². The zero-order chi connectivity index (χ0) is 14.3. The fraction of sp³-hybridized carbons (Fsp3) is 0.714. The Bertz CT molecular complexity index is 477. The Morgan fingerprint density at radius 1 is 1.24 bits per heavy atom. The second-order valence-corrected chi connectivity index (χ2v) is 7.14. The summed E-state index contributed by atoms with van der Waals surface area (Å²) in [6, 6.07) is 3.07. The molecule has 1 aromatic rings. The van der Waals surface area contributed by atoms with E-state index in [0.29, 0.717) is 18.4 Å². The van der Waals surface area contributed by atoms with Gasteiger partial charge in [0.05, 0.1) is 0 Å². The fourth-order valence-electron chi connectivity index (χ4n) is 3.57.